The quantitative estimate of drug-likeness (QED) is 0.836. The van der Waals surface area contributed by atoms with Gasteiger partial charge in [0.1, 0.15) is 0 Å². The van der Waals surface area contributed by atoms with Crippen molar-refractivity contribution in [3.63, 3.8) is 0 Å². The van der Waals surface area contributed by atoms with E-state index < -0.39 is 0 Å². The molecule has 3 heteroatoms. The Morgan fingerprint density at radius 3 is 2.15 bits per heavy atom. The first kappa shape index (κ1) is 12.5. The molecule has 0 saturated carbocycles. The molecule has 98 valence electrons. The van der Waals surface area contributed by atoms with E-state index in [1.165, 1.54) is 0 Å². The molecule has 0 radical (unpaired) electrons. The molecule has 0 aliphatic heterocycles. The van der Waals surface area contributed by atoms with Gasteiger partial charge in [-0.25, -0.2) is 0 Å². The van der Waals surface area contributed by atoms with Gasteiger partial charge in [-0.3, -0.25) is 14.6 Å². The highest BCUT2D eigenvalue weighted by Crippen LogP contribution is 2.27. The summed E-state index contributed by atoms with van der Waals surface area (Å²) in [6.07, 6.45) is 3.84. The third-order valence-electron chi connectivity index (χ3n) is 3.61. The van der Waals surface area contributed by atoms with Crippen molar-refractivity contribution >= 4 is 11.6 Å². The Hall–Kier alpha value is -2.55. The zero-order chi connectivity index (χ0) is 14.1. The van der Waals surface area contributed by atoms with Gasteiger partial charge in [-0.15, -0.1) is 0 Å². The second-order valence-electron chi connectivity index (χ2n) is 4.84. The van der Waals surface area contributed by atoms with Crippen LogP contribution in [0.15, 0.2) is 59.9 Å². The summed E-state index contributed by atoms with van der Waals surface area (Å²) in [5.41, 5.74) is 3.13. The van der Waals surface area contributed by atoms with Gasteiger partial charge < -0.3 is 0 Å². The summed E-state index contributed by atoms with van der Waals surface area (Å²) < 4.78 is 0. The third kappa shape index (κ3) is 1.97. The van der Waals surface area contributed by atoms with Crippen LogP contribution in [0.2, 0.25) is 0 Å². The molecule has 0 N–H and O–H groups in total. The molecule has 2 aromatic rings. The zero-order valence-electron chi connectivity index (χ0n) is 11.1. The van der Waals surface area contributed by atoms with Crippen LogP contribution in [0.25, 0.3) is 0 Å². The average molecular weight is 263 g/mol. The standard InChI is InChI=1S/C17H13NO2/c1-11-15(10-12-6-8-18-9-7-12)17(20)14-5-3-2-4-13(14)16(11)19/h2-9H,10H2,1H3. The van der Waals surface area contributed by atoms with Gasteiger partial charge in [0, 0.05) is 41.1 Å². The monoisotopic (exact) mass is 263 g/mol. The Labute approximate surface area is 117 Å². The van der Waals surface area contributed by atoms with Crippen LogP contribution in [0.3, 0.4) is 0 Å². The fourth-order valence-corrected chi connectivity index (χ4v) is 2.47. The molecule has 0 bridgehead atoms. The molecule has 0 atom stereocenters. The lowest BCUT2D eigenvalue weighted by Gasteiger charge is -2.18. The molecule has 1 aromatic heterocycles. The molecular weight excluding hydrogens is 250 g/mol. The van der Waals surface area contributed by atoms with Crippen LogP contribution >= 0.6 is 0 Å². The summed E-state index contributed by atoms with van der Waals surface area (Å²) >= 11 is 0. The molecule has 1 aliphatic rings. The van der Waals surface area contributed by atoms with Crippen molar-refractivity contribution in [2.24, 2.45) is 0 Å². The molecule has 3 rings (SSSR count). The Balaban J connectivity index is 2.06. The highest BCUT2D eigenvalue weighted by Gasteiger charge is 2.29. The normalized spacial score (nSPS) is 14.4. The molecule has 0 fully saturated rings. The van der Waals surface area contributed by atoms with Crippen molar-refractivity contribution in [1.82, 2.24) is 4.98 Å². The number of rotatable bonds is 2. The molecular formula is C17H13NO2. The molecule has 0 unspecified atom stereocenters. The van der Waals surface area contributed by atoms with Crippen molar-refractivity contribution in [1.29, 1.82) is 0 Å². The number of hydrogen-bond acceptors (Lipinski definition) is 3. The second-order valence-corrected chi connectivity index (χ2v) is 4.84. The van der Waals surface area contributed by atoms with E-state index in [0.717, 1.165) is 5.56 Å². The summed E-state index contributed by atoms with van der Waals surface area (Å²) in [6, 6.07) is 10.7. The number of ketones is 2. The van der Waals surface area contributed by atoms with Crippen molar-refractivity contribution in [2.45, 2.75) is 13.3 Å². The van der Waals surface area contributed by atoms with E-state index in [1.807, 2.05) is 12.1 Å². The first-order valence-electron chi connectivity index (χ1n) is 6.45. The second kappa shape index (κ2) is 4.85. The number of fused-ring (bicyclic) bond motifs is 1. The fraction of sp³-hybridized carbons (Fsp3) is 0.118. The lowest BCUT2D eigenvalue weighted by Crippen LogP contribution is -2.22. The molecule has 0 amide bonds. The molecule has 1 aliphatic carbocycles. The summed E-state index contributed by atoms with van der Waals surface area (Å²) in [6.45, 7) is 1.73. The van der Waals surface area contributed by atoms with Crippen molar-refractivity contribution < 1.29 is 9.59 Å². The first-order valence-corrected chi connectivity index (χ1v) is 6.45. The summed E-state index contributed by atoms with van der Waals surface area (Å²) in [5, 5.41) is 0. The lowest BCUT2D eigenvalue weighted by molar-refractivity contribution is 0.0973. The molecule has 20 heavy (non-hydrogen) atoms. The molecule has 0 spiro atoms. The van der Waals surface area contributed by atoms with Crippen LogP contribution in [-0.4, -0.2) is 16.6 Å². The van der Waals surface area contributed by atoms with E-state index in [4.69, 9.17) is 0 Å². The minimum Gasteiger partial charge on any atom is -0.289 e. The summed E-state index contributed by atoms with van der Waals surface area (Å²) in [4.78, 5) is 28.9. The zero-order valence-corrected chi connectivity index (χ0v) is 11.1. The van der Waals surface area contributed by atoms with Crippen molar-refractivity contribution in [3.05, 3.63) is 76.6 Å². The first-order chi connectivity index (χ1) is 9.68. The van der Waals surface area contributed by atoms with Crippen LogP contribution in [0.5, 0.6) is 0 Å². The van der Waals surface area contributed by atoms with Crippen LogP contribution < -0.4 is 0 Å². The summed E-state index contributed by atoms with van der Waals surface area (Å²) in [7, 11) is 0. The minimum atomic E-state index is -0.0516. The number of carbonyl (C=O) groups excluding carboxylic acids is 2. The predicted octanol–water partition coefficient (Wildman–Crippen LogP) is 3.02. The highest BCUT2D eigenvalue weighted by atomic mass is 16.1. The fourth-order valence-electron chi connectivity index (χ4n) is 2.47. The topological polar surface area (TPSA) is 47.0 Å². The van der Waals surface area contributed by atoms with Crippen LogP contribution in [0.1, 0.15) is 33.2 Å². The van der Waals surface area contributed by atoms with E-state index >= 15 is 0 Å². The van der Waals surface area contributed by atoms with Crippen molar-refractivity contribution in [3.8, 4) is 0 Å². The number of pyridine rings is 1. The number of carbonyl (C=O) groups is 2. The van der Waals surface area contributed by atoms with Gasteiger partial charge >= 0.3 is 0 Å². The van der Waals surface area contributed by atoms with Gasteiger partial charge in [0.25, 0.3) is 0 Å². The van der Waals surface area contributed by atoms with Gasteiger partial charge in [0.15, 0.2) is 11.6 Å². The molecule has 3 nitrogen and oxygen atoms in total. The highest BCUT2D eigenvalue weighted by molar-refractivity contribution is 6.26. The maximum absolute atomic E-state index is 12.6. The van der Waals surface area contributed by atoms with E-state index in [9.17, 15) is 9.59 Å². The largest absolute Gasteiger partial charge is 0.289 e. The average Bonchev–Trinajstić information content (AvgIpc) is 2.50. The van der Waals surface area contributed by atoms with Gasteiger partial charge in [-0.2, -0.15) is 0 Å². The van der Waals surface area contributed by atoms with Gasteiger partial charge in [-0.1, -0.05) is 24.3 Å². The Bertz CT molecular complexity index is 730. The third-order valence-corrected chi connectivity index (χ3v) is 3.61. The van der Waals surface area contributed by atoms with E-state index in [0.29, 0.717) is 28.7 Å². The van der Waals surface area contributed by atoms with Crippen LogP contribution in [-0.2, 0) is 6.42 Å². The Kier molecular flexibility index (Phi) is 3.03. The molecule has 1 aromatic carbocycles. The maximum atomic E-state index is 12.6. The number of aromatic nitrogens is 1. The number of Topliss-reactive ketones (excluding diaryl/α,β-unsaturated/α-hetero) is 2. The Morgan fingerprint density at radius 1 is 0.900 bits per heavy atom. The van der Waals surface area contributed by atoms with Gasteiger partial charge in [0.05, 0.1) is 0 Å². The Morgan fingerprint density at radius 2 is 1.50 bits per heavy atom. The number of nitrogens with zero attached hydrogens (tertiary/aromatic N) is 1. The predicted molar refractivity (Wildman–Crippen MR) is 75.7 cm³/mol. The summed E-state index contributed by atoms with van der Waals surface area (Å²) in [5.74, 6) is -0.0984. The molecule has 0 saturated heterocycles. The lowest BCUT2D eigenvalue weighted by atomic mass is 9.82. The van der Waals surface area contributed by atoms with Crippen molar-refractivity contribution in [2.75, 3.05) is 0 Å². The maximum Gasteiger partial charge on any atom is 0.190 e. The van der Waals surface area contributed by atoms with Gasteiger partial charge in [0.2, 0.25) is 0 Å². The van der Waals surface area contributed by atoms with Gasteiger partial charge in [-0.05, 0) is 24.6 Å². The smallest absolute Gasteiger partial charge is 0.190 e. The number of hydrogen-bond donors (Lipinski definition) is 0. The number of allylic oxidation sites excluding steroid dienone is 2. The number of benzene rings is 1. The van der Waals surface area contributed by atoms with Crippen LogP contribution in [0, 0.1) is 0 Å². The molecule has 1 heterocycles. The minimum absolute atomic E-state index is 0.0467. The van der Waals surface area contributed by atoms with E-state index in [1.54, 1.807) is 43.6 Å². The van der Waals surface area contributed by atoms with E-state index in [2.05, 4.69) is 4.98 Å². The SMILES string of the molecule is CC1=C(Cc2ccncc2)C(=O)c2ccccc2C1=O. The van der Waals surface area contributed by atoms with E-state index in [-0.39, 0.29) is 11.6 Å². The van der Waals surface area contributed by atoms with Crippen LogP contribution in [0.4, 0.5) is 0 Å².